The number of aromatic nitrogens is 4. The quantitative estimate of drug-likeness (QED) is 0.110. The Kier molecular flexibility index (Phi) is 7.64. The van der Waals surface area contributed by atoms with Crippen LogP contribution in [0.5, 0.6) is 0 Å². The number of aliphatic hydroxyl groups excluding tert-OH is 1. The molecule has 5 N–H and O–H groups in total. The average molecular weight is 734 g/mol. The lowest BCUT2D eigenvalue weighted by Crippen LogP contribution is -2.56. The van der Waals surface area contributed by atoms with Gasteiger partial charge in [0.05, 0.1) is 48.2 Å². The second-order valence-corrected chi connectivity index (χ2v) is 16.7. The lowest BCUT2D eigenvalue weighted by Gasteiger charge is -2.41. The third-order valence-corrected chi connectivity index (χ3v) is 13.1. The summed E-state index contributed by atoms with van der Waals surface area (Å²) in [6, 6.07) is 16.1. The second-order valence-electron chi connectivity index (χ2n) is 16.7. The molecule has 54 heavy (non-hydrogen) atoms. The Labute approximate surface area is 312 Å². The molecule has 10 nitrogen and oxygen atoms in total. The number of methoxy groups -OCH3 is 1. The maximum absolute atomic E-state index is 16.4. The van der Waals surface area contributed by atoms with Crippen LogP contribution in [-0.4, -0.2) is 68.0 Å². The lowest BCUT2D eigenvalue weighted by molar-refractivity contribution is -0.0784. The summed E-state index contributed by atoms with van der Waals surface area (Å²) in [6.45, 7) is 4.94. The molecule has 6 unspecified atom stereocenters. The van der Waals surface area contributed by atoms with Crippen molar-refractivity contribution < 1.29 is 23.4 Å². The highest BCUT2D eigenvalue weighted by Gasteiger charge is 2.52. The molecule has 2 saturated carbocycles. The monoisotopic (exact) mass is 733 g/mol. The molecule has 1 amide bonds. The molecule has 4 heterocycles. The van der Waals surface area contributed by atoms with Crippen molar-refractivity contribution in [3.05, 3.63) is 83.6 Å². The highest BCUT2D eigenvalue weighted by molar-refractivity contribution is 5.87. The topological polar surface area (TPSA) is 131 Å². The fourth-order valence-electron chi connectivity index (χ4n) is 9.98. The number of halogens is 2. The van der Waals surface area contributed by atoms with E-state index < -0.39 is 24.3 Å². The van der Waals surface area contributed by atoms with Gasteiger partial charge < -0.3 is 30.4 Å². The number of alkyl halides is 2. The minimum absolute atomic E-state index is 0.000357. The fraction of sp³-hybridized carbons (Fsp3) is 0.452. The van der Waals surface area contributed by atoms with Crippen LogP contribution < -0.4 is 10.6 Å². The minimum atomic E-state index is -3.17. The van der Waals surface area contributed by atoms with Crippen LogP contribution in [0.2, 0.25) is 0 Å². The standard InChI is InChI=1S/C42H45F2N7O3/c1-21(2)35(50-40(53)54-3)39(52)51-26-8-4-25(14-26)36(51)38-47-31-11-7-23(17-32(31)48-38)22-5-9-27-28-10-6-24(16-30(28)42(43,44)29(27)15-22)34-19-45-37(49-34)33-18-41(12-13-41)20-46-33/h5-7,9-11,15-17,19,21,25-26,33,35-36,39,46,52H,4,8,12-14,18,20H2,1-3H3,(H,45,49)(H,47,48)(H,50,53). The third kappa shape index (κ3) is 5.31. The van der Waals surface area contributed by atoms with Crippen molar-refractivity contribution in [3.63, 3.8) is 0 Å². The number of piperidine rings is 1. The maximum Gasteiger partial charge on any atom is 0.407 e. The predicted octanol–water partition coefficient (Wildman–Crippen LogP) is 7.78. The van der Waals surface area contributed by atoms with E-state index in [1.165, 1.54) is 20.0 Å². The van der Waals surface area contributed by atoms with Crippen LogP contribution in [0, 0.1) is 17.3 Å². The molecule has 3 aliphatic carbocycles. The van der Waals surface area contributed by atoms with Crippen molar-refractivity contribution in [1.82, 2.24) is 35.5 Å². The van der Waals surface area contributed by atoms with Crippen LogP contribution in [0.3, 0.4) is 0 Å². The third-order valence-electron chi connectivity index (χ3n) is 13.1. The normalized spacial score (nSPS) is 25.7. The van der Waals surface area contributed by atoms with Gasteiger partial charge in [0.2, 0.25) is 0 Å². The summed E-state index contributed by atoms with van der Waals surface area (Å²) in [5.41, 5.74) is 6.03. The first kappa shape index (κ1) is 33.9. The number of benzene rings is 3. The zero-order valence-corrected chi connectivity index (χ0v) is 30.6. The Balaban J connectivity index is 0.920. The Morgan fingerprint density at radius 3 is 2.43 bits per heavy atom. The van der Waals surface area contributed by atoms with Gasteiger partial charge in [0.15, 0.2) is 0 Å². The molecule has 2 aliphatic heterocycles. The van der Waals surface area contributed by atoms with E-state index >= 15 is 8.78 Å². The molecule has 1 spiro atoms. The van der Waals surface area contributed by atoms with Gasteiger partial charge in [-0.05, 0) is 102 Å². The second kappa shape index (κ2) is 12.2. The molecule has 6 atom stereocenters. The van der Waals surface area contributed by atoms with Gasteiger partial charge >= 0.3 is 6.09 Å². The summed E-state index contributed by atoms with van der Waals surface area (Å²) >= 11 is 0. The number of hydrogen-bond acceptors (Lipinski definition) is 7. The van der Waals surface area contributed by atoms with Crippen LogP contribution in [0.4, 0.5) is 13.6 Å². The molecular weight excluding hydrogens is 689 g/mol. The number of aromatic amines is 2. The van der Waals surface area contributed by atoms with Gasteiger partial charge in [-0.1, -0.05) is 44.2 Å². The molecular formula is C42H45F2N7O3. The number of carbonyl (C=O) groups is 1. The van der Waals surface area contributed by atoms with Crippen LogP contribution >= 0.6 is 0 Å². The number of carbonyl (C=O) groups excluding carboxylic acids is 1. The summed E-state index contributed by atoms with van der Waals surface area (Å²) in [5.74, 6) is -1.26. The number of alkyl carbamates (subject to hydrolysis) is 1. The number of likely N-dealkylation sites (tertiary alicyclic amines) is 1. The number of nitrogens with one attached hydrogen (secondary N) is 4. The first-order valence-corrected chi connectivity index (χ1v) is 19.3. The van der Waals surface area contributed by atoms with Crippen molar-refractivity contribution >= 4 is 17.1 Å². The molecule has 5 aliphatic rings. The van der Waals surface area contributed by atoms with E-state index in [-0.39, 0.29) is 35.2 Å². The molecule has 2 bridgehead atoms. The lowest BCUT2D eigenvalue weighted by atomic mass is 9.95. The Bertz CT molecular complexity index is 2300. The van der Waals surface area contributed by atoms with Crippen molar-refractivity contribution in [2.75, 3.05) is 13.7 Å². The Hall–Kier alpha value is -4.65. The SMILES string of the molecule is COC(=O)NC(C(C)C)C(O)N1C2CCC(C2)C1c1nc2ccc(-c3ccc4c(c3)C(F)(F)c3cc(-c5cnc(C6CC7(CC7)CN6)[nH]5)ccc3-4)cc2[nH]1. The molecule has 3 aromatic carbocycles. The Morgan fingerprint density at radius 1 is 0.981 bits per heavy atom. The van der Waals surface area contributed by atoms with Crippen LogP contribution in [-0.2, 0) is 10.7 Å². The number of nitrogens with zero attached hydrogens (tertiary/aromatic N) is 3. The van der Waals surface area contributed by atoms with Crippen LogP contribution in [0.25, 0.3) is 44.5 Å². The van der Waals surface area contributed by atoms with Gasteiger partial charge in [-0.3, -0.25) is 4.90 Å². The first-order chi connectivity index (χ1) is 26.0. The minimum Gasteiger partial charge on any atom is -0.453 e. The smallest absolute Gasteiger partial charge is 0.407 e. The number of hydrogen-bond donors (Lipinski definition) is 5. The van der Waals surface area contributed by atoms with Gasteiger partial charge in [0.1, 0.15) is 17.9 Å². The maximum atomic E-state index is 16.4. The average Bonchev–Trinajstić information content (AvgIpc) is 3.83. The van der Waals surface area contributed by atoms with Gasteiger partial charge in [-0.25, -0.2) is 14.8 Å². The molecule has 5 aromatic rings. The summed E-state index contributed by atoms with van der Waals surface area (Å²) in [6.07, 6.45) is 6.79. The highest BCUT2D eigenvalue weighted by atomic mass is 19.3. The summed E-state index contributed by atoms with van der Waals surface area (Å²) < 4.78 is 37.6. The van der Waals surface area contributed by atoms with Crippen molar-refractivity contribution in [3.8, 4) is 33.5 Å². The van der Waals surface area contributed by atoms with E-state index in [2.05, 4.69) is 30.5 Å². The van der Waals surface area contributed by atoms with Gasteiger partial charge in [-0.15, -0.1) is 0 Å². The Morgan fingerprint density at radius 2 is 1.70 bits per heavy atom. The van der Waals surface area contributed by atoms with E-state index in [1.54, 1.807) is 24.4 Å². The number of amides is 1. The number of imidazole rings is 2. The van der Waals surface area contributed by atoms with E-state index in [1.807, 2.05) is 50.2 Å². The zero-order valence-electron chi connectivity index (χ0n) is 30.6. The van der Waals surface area contributed by atoms with Crippen LogP contribution in [0.15, 0.2) is 60.8 Å². The largest absolute Gasteiger partial charge is 0.453 e. The molecule has 2 saturated heterocycles. The summed E-state index contributed by atoms with van der Waals surface area (Å²) in [4.78, 5) is 30.8. The molecule has 4 fully saturated rings. The van der Waals surface area contributed by atoms with Crippen molar-refractivity contribution in [2.24, 2.45) is 17.3 Å². The summed E-state index contributed by atoms with van der Waals surface area (Å²) in [7, 11) is 1.32. The number of rotatable bonds is 8. The number of H-pyrrole nitrogens is 2. The first-order valence-electron chi connectivity index (χ1n) is 19.3. The van der Waals surface area contributed by atoms with Crippen molar-refractivity contribution in [1.29, 1.82) is 0 Å². The fourth-order valence-corrected chi connectivity index (χ4v) is 9.98. The number of ether oxygens (including phenoxy) is 1. The molecule has 12 heteroatoms. The van der Waals surface area contributed by atoms with Gasteiger partial charge in [-0.2, -0.15) is 8.78 Å². The molecule has 10 rings (SSSR count). The van der Waals surface area contributed by atoms with E-state index in [0.29, 0.717) is 33.6 Å². The van der Waals surface area contributed by atoms with Crippen LogP contribution in [0.1, 0.15) is 87.2 Å². The number of fused-ring (bicyclic) bond motifs is 6. The predicted molar refractivity (Wildman–Crippen MR) is 200 cm³/mol. The van der Waals surface area contributed by atoms with E-state index in [4.69, 9.17) is 9.72 Å². The highest BCUT2D eigenvalue weighted by Crippen LogP contribution is 2.56. The van der Waals surface area contributed by atoms with Crippen molar-refractivity contribution in [2.45, 2.75) is 88.7 Å². The molecule has 2 aromatic heterocycles. The van der Waals surface area contributed by atoms with E-state index in [9.17, 15) is 9.90 Å². The van der Waals surface area contributed by atoms with Gasteiger partial charge in [0.25, 0.3) is 5.92 Å². The summed E-state index contributed by atoms with van der Waals surface area (Å²) in [5, 5.41) is 18.1. The van der Waals surface area contributed by atoms with Gasteiger partial charge in [0, 0.05) is 29.3 Å². The van der Waals surface area contributed by atoms with E-state index in [0.717, 1.165) is 66.2 Å². The molecule has 0 radical (unpaired) electrons. The number of aliphatic hydroxyl groups is 1. The molecule has 280 valence electrons. The zero-order chi connectivity index (χ0) is 37.1.